The van der Waals surface area contributed by atoms with Crippen LogP contribution in [0, 0.1) is 3.57 Å². The molecule has 0 aromatic heterocycles. The molecule has 0 bridgehead atoms. The van der Waals surface area contributed by atoms with Gasteiger partial charge in [0.05, 0.1) is 0 Å². The number of benzene rings is 1. The van der Waals surface area contributed by atoms with E-state index in [1.807, 2.05) is 22.6 Å². The van der Waals surface area contributed by atoms with Crippen molar-refractivity contribution in [1.82, 2.24) is 0 Å². The van der Waals surface area contributed by atoms with Crippen LogP contribution in [0.25, 0.3) is 0 Å². The molecule has 0 N–H and O–H groups in total. The summed E-state index contributed by atoms with van der Waals surface area (Å²) in [5.74, 6) is -0.235. The summed E-state index contributed by atoms with van der Waals surface area (Å²) in [5.41, 5.74) is 0.410. The Bertz CT molecular complexity index is 377. The van der Waals surface area contributed by atoms with E-state index in [1.54, 1.807) is 6.07 Å². The van der Waals surface area contributed by atoms with Gasteiger partial charge < -0.3 is 9.53 Å². The summed E-state index contributed by atoms with van der Waals surface area (Å²) in [6, 6.07) is 4.40. The van der Waals surface area contributed by atoms with Gasteiger partial charge in [0.2, 0.25) is 0 Å². The smallest absolute Gasteiger partial charge is 0.405 e. The summed E-state index contributed by atoms with van der Waals surface area (Å²) in [4.78, 5) is 10.2. The Kier molecular flexibility index (Phi) is 4.57. The monoisotopic (exact) mass is 344 g/mol. The van der Waals surface area contributed by atoms with E-state index < -0.39 is 6.36 Å². The maximum absolute atomic E-state index is 12.1. The zero-order valence-corrected chi connectivity index (χ0v) is 10.2. The third-order valence-electron chi connectivity index (χ3n) is 1.81. The molecule has 0 spiro atoms. The van der Waals surface area contributed by atoms with Crippen LogP contribution >= 0.6 is 22.6 Å². The Morgan fingerprint density at radius 1 is 1.38 bits per heavy atom. The standard InChI is InChI=1S/C10H8F3IO2/c11-10(12,13)16-9-5-1-4-8(14)7(9)3-2-6-15/h1,4-6H,2-3H2. The number of aldehydes is 1. The summed E-state index contributed by atoms with van der Waals surface area (Å²) in [5, 5.41) is 0. The highest BCUT2D eigenvalue weighted by molar-refractivity contribution is 14.1. The summed E-state index contributed by atoms with van der Waals surface area (Å²) in [7, 11) is 0. The molecule has 88 valence electrons. The lowest BCUT2D eigenvalue weighted by Crippen LogP contribution is -2.18. The first kappa shape index (κ1) is 13.3. The molecule has 6 heteroatoms. The van der Waals surface area contributed by atoms with E-state index in [9.17, 15) is 18.0 Å². The second kappa shape index (κ2) is 5.51. The second-order valence-corrected chi connectivity index (χ2v) is 4.13. The van der Waals surface area contributed by atoms with Gasteiger partial charge in [-0.15, -0.1) is 13.2 Å². The third kappa shape index (κ3) is 3.99. The SMILES string of the molecule is O=CCCc1c(I)cccc1OC(F)(F)F. The molecule has 0 aliphatic carbocycles. The lowest BCUT2D eigenvalue weighted by atomic mass is 10.1. The number of carbonyl (C=O) groups is 1. The molecule has 0 aliphatic heterocycles. The van der Waals surface area contributed by atoms with Gasteiger partial charge in [0.1, 0.15) is 12.0 Å². The Balaban J connectivity index is 2.97. The number of hydrogen-bond acceptors (Lipinski definition) is 2. The van der Waals surface area contributed by atoms with E-state index in [-0.39, 0.29) is 18.6 Å². The van der Waals surface area contributed by atoms with Crippen molar-refractivity contribution >= 4 is 28.9 Å². The minimum absolute atomic E-state index is 0.175. The Hall–Kier alpha value is -0.790. The highest BCUT2D eigenvalue weighted by Gasteiger charge is 2.32. The van der Waals surface area contributed by atoms with Crippen molar-refractivity contribution in [3.05, 3.63) is 27.3 Å². The molecule has 0 atom stereocenters. The van der Waals surface area contributed by atoms with E-state index in [2.05, 4.69) is 4.74 Å². The molecule has 1 rings (SSSR count). The van der Waals surface area contributed by atoms with E-state index >= 15 is 0 Å². The van der Waals surface area contributed by atoms with Gasteiger partial charge in [-0.05, 0) is 41.1 Å². The predicted molar refractivity (Wildman–Crippen MR) is 60.2 cm³/mol. The molecule has 0 saturated carbocycles. The Morgan fingerprint density at radius 3 is 2.62 bits per heavy atom. The minimum Gasteiger partial charge on any atom is -0.405 e. The zero-order valence-electron chi connectivity index (χ0n) is 8.05. The van der Waals surface area contributed by atoms with Gasteiger partial charge in [-0.1, -0.05) is 6.07 Å². The molecule has 1 aromatic carbocycles. The normalized spacial score (nSPS) is 11.2. The summed E-state index contributed by atoms with van der Waals surface area (Å²) >= 11 is 1.91. The van der Waals surface area contributed by atoms with Crippen molar-refractivity contribution in [2.24, 2.45) is 0 Å². The molecular weight excluding hydrogens is 336 g/mol. The molecular formula is C10H8F3IO2. The van der Waals surface area contributed by atoms with Gasteiger partial charge in [-0.25, -0.2) is 0 Å². The molecule has 0 saturated heterocycles. The molecule has 0 amide bonds. The van der Waals surface area contributed by atoms with Gasteiger partial charge in [-0.3, -0.25) is 0 Å². The topological polar surface area (TPSA) is 26.3 Å². The highest BCUT2D eigenvalue weighted by Crippen LogP contribution is 2.30. The molecule has 0 fully saturated rings. The first-order valence-corrected chi connectivity index (χ1v) is 5.48. The van der Waals surface area contributed by atoms with Crippen molar-refractivity contribution in [2.75, 3.05) is 0 Å². The maximum atomic E-state index is 12.1. The fourth-order valence-corrected chi connectivity index (χ4v) is 1.95. The molecule has 0 aliphatic rings. The van der Waals surface area contributed by atoms with Crippen LogP contribution in [0.3, 0.4) is 0 Å². The Labute approximate surface area is 104 Å². The van der Waals surface area contributed by atoms with Gasteiger partial charge in [-0.2, -0.15) is 0 Å². The van der Waals surface area contributed by atoms with Crippen molar-refractivity contribution < 1.29 is 22.7 Å². The van der Waals surface area contributed by atoms with Crippen LogP contribution in [0.5, 0.6) is 5.75 Å². The van der Waals surface area contributed by atoms with Crippen molar-refractivity contribution in [3.63, 3.8) is 0 Å². The van der Waals surface area contributed by atoms with E-state index in [4.69, 9.17) is 0 Å². The molecule has 1 aromatic rings. The number of carbonyl (C=O) groups excluding carboxylic acids is 1. The molecule has 2 nitrogen and oxygen atoms in total. The van der Waals surface area contributed by atoms with Gasteiger partial charge in [0, 0.05) is 15.6 Å². The van der Waals surface area contributed by atoms with Gasteiger partial charge in [0.15, 0.2) is 0 Å². The van der Waals surface area contributed by atoms with E-state index in [0.717, 1.165) is 0 Å². The van der Waals surface area contributed by atoms with Crippen LogP contribution in [-0.2, 0) is 11.2 Å². The summed E-state index contributed by atoms with van der Waals surface area (Å²) < 4.78 is 40.8. The second-order valence-electron chi connectivity index (χ2n) is 2.97. The summed E-state index contributed by atoms with van der Waals surface area (Å²) in [6.07, 6.45) is -3.62. The zero-order chi connectivity index (χ0) is 12.2. The average molecular weight is 344 g/mol. The predicted octanol–water partition coefficient (Wildman–Crippen LogP) is 3.32. The molecule has 0 radical (unpaired) electrons. The third-order valence-corrected chi connectivity index (χ3v) is 2.82. The number of rotatable bonds is 4. The quantitative estimate of drug-likeness (QED) is 0.619. The molecule has 0 heterocycles. The number of hydrogen-bond donors (Lipinski definition) is 0. The first-order valence-electron chi connectivity index (χ1n) is 4.41. The van der Waals surface area contributed by atoms with E-state index in [1.165, 1.54) is 12.1 Å². The van der Waals surface area contributed by atoms with Crippen LogP contribution in [0.4, 0.5) is 13.2 Å². The van der Waals surface area contributed by atoms with Gasteiger partial charge >= 0.3 is 6.36 Å². The average Bonchev–Trinajstić information content (AvgIpc) is 2.14. The fraction of sp³-hybridized carbons (Fsp3) is 0.300. The fourth-order valence-electron chi connectivity index (χ4n) is 1.21. The number of ether oxygens (including phenoxy) is 1. The van der Waals surface area contributed by atoms with E-state index in [0.29, 0.717) is 15.4 Å². The highest BCUT2D eigenvalue weighted by atomic mass is 127. The van der Waals surface area contributed by atoms with Crippen molar-refractivity contribution in [2.45, 2.75) is 19.2 Å². The largest absolute Gasteiger partial charge is 0.573 e. The van der Waals surface area contributed by atoms with Crippen LogP contribution in [0.15, 0.2) is 18.2 Å². The van der Waals surface area contributed by atoms with Crippen LogP contribution in [-0.4, -0.2) is 12.6 Å². The lowest BCUT2D eigenvalue weighted by Gasteiger charge is -2.13. The molecule has 16 heavy (non-hydrogen) atoms. The van der Waals surface area contributed by atoms with Crippen LogP contribution in [0.1, 0.15) is 12.0 Å². The number of alkyl halides is 3. The number of halogens is 4. The first-order chi connectivity index (χ1) is 7.44. The van der Waals surface area contributed by atoms with Crippen molar-refractivity contribution in [1.29, 1.82) is 0 Å². The van der Waals surface area contributed by atoms with Crippen molar-refractivity contribution in [3.8, 4) is 5.75 Å². The minimum atomic E-state index is -4.71. The Morgan fingerprint density at radius 2 is 2.06 bits per heavy atom. The molecule has 0 unspecified atom stereocenters. The maximum Gasteiger partial charge on any atom is 0.573 e. The van der Waals surface area contributed by atoms with Crippen LogP contribution in [0.2, 0.25) is 0 Å². The van der Waals surface area contributed by atoms with Gasteiger partial charge in [0.25, 0.3) is 0 Å². The lowest BCUT2D eigenvalue weighted by molar-refractivity contribution is -0.274. The van der Waals surface area contributed by atoms with Crippen LogP contribution < -0.4 is 4.74 Å². The summed E-state index contributed by atoms with van der Waals surface area (Å²) in [6.45, 7) is 0.